The van der Waals surface area contributed by atoms with E-state index in [-0.39, 0.29) is 80.4 Å². The molecule has 0 spiro atoms. The van der Waals surface area contributed by atoms with Gasteiger partial charge in [0.2, 0.25) is 0 Å². The largest absolute Gasteiger partial charge is 0.640 e. The number of aryl methyl sites for hydroxylation is 9. The zero-order valence-corrected chi connectivity index (χ0v) is 70.7. The van der Waals surface area contributed by atoms with Crippen molar-refractivity contribution in [2.75, 3.05) is 9.80 Å². The maximum Gasteiger partial charge on any atom is 0.148 e. The molecule has 0 fully saturated rings. The molecule has 16 rings (SSSR count). The van der Waals surface area contributed by atoms with E-state index in [0.29, 0.717) is 5.82 Å². The van der Waals surface area contributed by atoms with Crippen molar-refractivity contribution >= 4 is 45.3 Å². The Morgan fingerprint density at radius 1 is 0.371 bits per heavy atom. The first-order valence-electron chi connectivity index (χ1n) is 33.7. The summed E-state index contributed by atoms with van der Waals surface area (Å²) in [6.45, 7) is 19.0. The first kappa shape index (κ1) is 80.3. The molecule has 2 aliphatic heterocycles. The maximum atomic E-state index is 5.86. The van der Waals surface area contributed by atoms with E-state index in [1.165, 1.54) is 110 Å². The average molecular weight is 2110 g/mol. The molecule has 2 aromatic heterocycles. The van der Waals surface area contributed by atoms with Gasteiger partial charge in [0.05, 0.1) is 5.82 Å². The Morgan fingerprint density at radius 3 is 1.17 bits per heavy atom. The topological polar surface area (TPSA) is 59.3 Å². The van der Waals surface area contributed by atoms with E-state index in [1.54, 1.807) is 30.0 Å². The summed E-state index contributed by atoms with van der Waals surface area (Å²) in [5, 5.41) is 4.59. The first-order valence-corrected chi connectivity index (χ1v) is 35.4. The third kappa shape index (κ3) is 19.5. The minimum atomic E-state index is 0. The minimum Gasteiger partial charge on any atom is -0.640 e. The van der Waals surface area contributed by atoms with E-state index in [9.17, 15) is 0 Å². The van der Waals surface area contributed by atoms with Crippen molar-refractivity contribution < 1.29 is 85.2 Å². The molecular weight excluding hydrogens is 2040 g/mol. The first-order chi connectivity index (χ1) is 49.3. The van der Waals surface area contributed by atoms with Gasteiger partial charge >= 0.3 is 0 Å². The van der Waals surface area contributed by atoms with Crippen LogP contribution in [0.2, 0.25) is 0 Å². The molecule has 0 aliphatic carbocycles. The van der Waals surface area contributed by atoms with Crippen LogP contribution in [0, 0.1) is 92.3 Å². The fourth-order valence-electron chi connectivity index (χ4n) is 13.1. The zero-order chi connectivity index (χ0) is 69.8. The molecule has 0 unspecified atom stereocenters. The number of aromatic nitrogens is 4. The van der Waals surface area contributed by atoms with Gasteiger partial charge in [-0.15, -0.1) is 83.2 Å². The molecular formula is C92H76Ir4N6OS2-6. The number of nitrogens with zero attached hydrogens (tertiary/aromatic N) is 6. The SMILES string of the molecule is Cc1cc(-c2ccccc2)cc(C)c1-c1cc(-c2[c-]cccc2)ns1.Cc1cc(-c2ccccc2)cc(C)c1-c1nc(-c2[c-]cccc2)nn1C.Cc1cc(-c2ccccc2)cc(C)c1C1=CN(c2[c-]cccc2)[CH-]O1.Cc1cc(-c2ccccc2)cc(C)c1C1=CN(c2[c-]cccc2)[CH-]S1.[Ir].[Ir].[Ir].[Ir]. The molecule has 14 aromatic rings. The van der Waals surface area contributed by atoms with Gasteiger partial charge in [0.15, 0.2) is 0 Å². The number of hydrogen-bond acceptors (Lipinski definition) is 8. The van der Waals surface area contributed by atoms with E-state index in [4.69, 9.17) is 9.72 Å². The fourth-order valence-corrected chi connectivity index (χ4v) is 15.0. The number of hydrogen-bond donors (Lipinski definition) is 0. The van der Waals surface area contributed by atoms with Crippen molar-refractivity contribution in [3.8, 4) is 89.0 Å². The number of ether oxygens (including phenoxy) is 1. The monoisotopic (exact) mass is 2120 g/mol. The fraction of sp³-hybridized carbons (Fsp3) is 0.0978. The van der Waals surface area contributed by atoms with Crippen molar-refractivity contribution in [1.29, 1.82) is 0 Å². The second-order valence-corrected chi connectivity index (χ2v) is 26.9. The predicted octanol–water partition coefficient (Wildman–Crippen LogP) is 24.0. The van der Waals surface area contributed by atoms with Crippen LogP contribution in [0.5, 0.6) is 0 Å². The molecule has 4 heterocycles. The van der Waals surface area contributed by atoms with Gasteiger partial charge in [-0.25, -0.2) is 9.47 Å². The van der Waals surface area contributed by atoms with Crippen LogP contribution in [0.4, 0.5) is 11.4 Å². The standard InChI is InChI=1S/C23H20N3.C23H19NO.C23H19NS.C23H18NS.4Ir/c1-16-14-20(18-10-6-4-7-11-18)15-17(2)21(16)23-24-22(25-26(23)3)19-12-8-5-9-13-19;2*1-17-13-20(19-9-5-3-6-10-19)14-18(2)23(17)22-15-24(16-25-22)21-11-7-4-8-12-21;1-16-13-20(18-9-5-3-6-10-18)14-17(2)23(16)22-15-21(24-25-22)19-11-7-4-8-12-19;;;;/h4-12,14-15H,1-3H3;2*3-11,13-16H,1-2H3;3-11,13-15H,1-2H3;;;;/q-1;2*-2;-1;;;;. The van der Waals surface area contributed by atoms with Gasteiger partial charge in [-0.1, -0.05) is 183 Å². The van der Waals surface area contributed by atoms with Gasteiger partial charge in [-0.2, -0.15) is 66.5 Å². The van der Waals surface area contributed by atoms with Gasteiger partial charge in [0, 0.05) is 115 Å². The van der Waals surface area contributed by atoms with Gasteiger partial charge in [0.1, 0.15) is 11.6 Å². The Hall–Kier alpha value is -8.76. The summed E-state index contributed by atoms with van der Waals surface area (Å²) in [7, 11) is 1.94. The summed E-state index contributed by atoms with van der Waals surface area (Å²) in [5.41, 5.74) is 29.9. The van der Waals surface area contributed by atoms with Crippen molar-refractivity contribution in [1.82, 2.24) is 19.1 Å². The summed E-state index contributed by atoms with van der Waals surface area (Å²) in [5.74, 6) is 4.60. The zero-order valence-electron chi connectivity index (χ0n) is 59.5. The van der Waals surface area contributed by atoms with Crippen LogP contribution in [0.1, 0.15) is 55.6 Å². The Balaban J connectivity index is 0.000000160. The van der Waals surface area contributed by atoms with Crippen LogP contribution in [0.15, 0.2) is 285 Å². The second-order valence-electron chi connectivity index (χ2n) is 25.2. The normalized spacial score (nSPS) is 11.8. The van der Waals surface area contributed by atoms with Crippen LogP contribution in [-0.2, 0) is 92.2 Å². The van der Waals surface area contributed by atoms with Crippen molar-refractivity contribution in [3.05, 3.63) is 378 Å². The summed E-state index contributed by atoms with van der Waals surface area (Å²) < 4.78 is 12.3. The summed E-state index contributed by atoms with van der Waals surface area (Å²) in [6.07, 6.45) is 4.22. The molecule has 534 valence electrons. The van der Waals surface area contributed by atoms with Crippen LogP contribution in [-0.4, -0.2) is 19.1 Å². The van der Waals surface area contributed by atoms with Crippen LogP contribution in [0.3, 0.4) is 0 Å². The molecule has 7 nitrogen and oxygen atoms in total. The van der Waals surface area contributed by atoms with Gasteiger partial charge in [-0.3, -0.25) is 21.4 Å². The van der Waals surface area contributed by atoms with Crippen LogP contribution >= 0.6 is 23.3 Å². The van der Waals surface area contributed by atoms with Gasteiger partial charge < -0.3 is 14.5 Å². The number of rotatable bonds is 12. The minimum absolute atomic E-state index is 0. The second kappa shape index (κ2) is 38.0. The summed E-state index contributed by atoms with van der Waals surface area (Å²) in [6, 6.07) is 107. The summed E-state index contributed by atoms with van der Waals surface area (Å²) >= 11 is 3.33. The summed E-state index contributed by atoms with van der Waals surface area (Å²) in [4.78, 5) is 11.4. The molecule has 4 radical (unpaired) electrons. The maximum absolute atomic E-state index is 5.86. The van der Waals surface area contributed by atoms with Crippen molar-refractivity contribution in [2.24, 2.45) is 7.05 Å². The number of benzene rings is 12. The van der Waals surface area contributed by atoms with Crippen molar-refractivity contribution in [3.63, 3.8) is 0 Å². The van der Waals surface area contributed by atoms with Crippen LogP contribution < -0.4 is 9.80 Å². The Morgan fingerprint density at radius 2 is 0.752 bits per heavy atom. The molecule has 0 bridgehead atoms. The van der Waals surface area contributed by atoms with E-state index in [0.717, 1.165) is 50.9 Å². The van der Waals surface area contributed by atoms with Crippen molar-refractivity contribution in [2.45, 2.75) is 55.4 Å². The Kier molecular flexibility index (Phi) is 29.1. The molecule has 0 saturated heterocycles. The number of para-hydroxylation sites is 2. The Bertz CT molecular complexity index is 4970. The number of thioether (sulfide) groups is 1. The smallest absolute Gasteiger partial charge is 0.148 e. The third-order valence-corrected chi connectivity index (χ3v) is 19.5. The molecule has 13 heteroatoms. The molecule has 2 aliphatic rings. The van der Waals surface area contributed by atoms with Gasteiger partial charge in [-0.05, 0) is 178 Å². The molecule has 0 saturated carbocycles. The molecule has 105 heavy (non-hydrogen) atoms. The third-order valence-electron chi connectivity index (χ3n) is 17.8. The van der Waals surface area contributed by atoms with Gasteiger partial charge in [0.25, 0.3) is 0 Å². The molecule has 0 N–H and O–H groups in total. The van der Waals surface area contributed by atoms with E-state index < -0.39 is 0 Å². The quantitative estimate of drug-likeness (QED) is 0.113. The molecule has 0 amide bonds. The predicted molar refractivity (Wildman–Crippen MR) is 424 cm³/mol. The molecule has 12 aromatic carbocycles. The Labute approximate surface area is 682 Å². The van der Waals surface area contributed by atoms with Crippen LogP contribution in [0.25, 0.3) is 99.6 Å². The number of anilines is 2. The average Bonchev–Trinajstić information content (AvgIpc) is 1.77. The van der Waals surface area contributed by atoms with E-state index in [2.05, 4.69) is 282 Å². The van der Waals surface area contributed by atoms with E-state index in [1.807, 2.05) is 120 Å². The van der Waals surface area contributed by atoms with E-state index >= 15 is 0 Å². The molecule has 0 atom stereocenters.